The number of allylic oxidation sites excluding steroid dienone is 3. The minimum atomic E-state index is -1.82. The second-order valence-electron chi connectivity index (χ2n) is 13.5. The first-order valence-electron chi connectivity index (χ1n) is 12.5. The minimum absolute atomic E-state index is 0.0464. The van der Waals surface area contributed by atoms with Crippen molar-refractivity contribution in [2.24, 2.45) is 28.6 Å². The van der Waals surface area contributed by atoms with E-state index in [1.165, 1.54) is 12.8 Å². The maximum atomic E-state index is 12.6. The van der Waals surface area contributed by atoms with Gasteiger partial charge in [0.25, 0.3) is 0 Å². The standard InChI is InChI=1S/C26H43ClO3Si2/c1-24-13-12-20(28)23(27)22(24)21(29-31(4,5)6)16-17-18(24)10-14-25(2)19(17)11-15-26(25,3)30-32(7,8)9/h12-13,17-19,21H,10-11,14-16H2,1-9H3/t17?,18?,19?,21-,24?,25?,26+/m1/s1. The normalized spacial score (nSPS) is 44.4. The molecule has 4 rings (SSSR count). The molecule has 4 aliphatic rings. The summed E-state index contributed by atoms with van der Waals surface area (Å²) in [6, 6.07) is 0. The van der Waals surface area contributed by atoms with Crippen LogP contribution in [0, 0.1) is 28.6 Å². The summed E-state index contributed by atoms with van der Waals surface area (Å²) in [5.41, 5.74) is 1.01. The highest BCUT2D eigenvalue weighted by Crippen LogP contribution is 2.68. The molecular formula is C26H43ClO3Si2. The molecule has 0 amide bonds. The molecule has 0 radical (unpaired) electrons. The zero-order valence-electron chi connectivity index (χ0n) is 21.6. The molecule has 32 heavy (non-hydrogen) atoms. The van der Waals surface area contributed by atoms with Crippen molar-refractivity contribution in [2.75, 3.05) is 0 Å². The fourth-order valence-corrected chi connectivity index (χ4v) is 11.1. The monoisotopic (exact) mass is 494 g/mol. The molecule has 0 aromatic carbocycles. The average molecular weight is 495 g/mol. The topological polar surface area (TPSA) is 35.5 Å². The van der Waals surface area contributed by atoms with Gasteiger partial charge in [-0.25, -0.2) is 0 Å². The van der Waals surface area contributed by atoms with Crippen LogP contribution in [-0.4, -0.2) is 34.1 Å². The van der Waals surface area contributed by atoms with Gasteiger partial charge < -0.3 is 8.85 Å². The summed E-state index contributed by atoms with van der Waals surface area (Å²) in [6.07, 6.45) is 9.54. The zero-order valence-corrected chi connectivity index (χ0v) is 24.4. The number of carbonyl (C=O) groups is 1. The highest BCUT2D eigenvalue weighted by atomic mass is 35.5. The van der Waals surface area contributed by atoms with Crippen LogP contribution in [0.15, 0.2) is 22.8 Å². The molecule has 7 atom stereocenters. The van der Waals surface area contributed by atoms with Crippen LogP contribution in [0.4, 0.5) is 0 Å². The van der Waals surface area contributed by atoms with Crippen molar-refractivity contribution in [3.05, 3.63) is 22.8 Å². The SMILES string of the molecule is CC12C=CC(=O)C(Cl)=C1[C@H](O[Si](C)(C)C)CC1C2CCC2(C)C1CC[C@]2(C)O[Si](C)(C)C. The van der Waals surface area contributed by atoms with Gasteiger partial charge in [0.05, 0.1) is 16.7 Å². The van der Waals surface area contributed by atoms with E-state index >= 15 is 0 Å². The lowest BCUT2D eigenvalue weighted by atomic mass is 9.47. The largest absolute Gasteiger partial charge is 0.412 e. The van der Waals surface area contributed by atoms with E-state index in [-0.39, 0.29) is 28.3 Å². The van der Waals surface area contributed by atoms with Gasteiger partial charge in [0.1, 0.15) is 0 Å². The lowest BCUT2D eigenvalue weighted by Crippen LogP contribution is -2.58. The van der Waals surface area contributed by atoms with Gasteiger partial charge in [0.15, 0.2) is 22.4 Å². The maximum Gasteiger partial charge on any atom is 0.196 e. The van der Waals surface area contributed by atoms with Crippen LogP contribution in [0.1, 0.15) is 52.9 Å². The van der Waals surface area contributed by atoms with Gasteiger partial charge in [-0.1, -0.05) is 31.5 Å². The number of rotatable bonds is 4. The summed E-state index contributed by atoms with van der Waals surface area (Å²) in [6.45, 7) is 20.9. The van der Waals surface area contributed by atoms with E-state index in [1.54, 1.807) is 6.08 Å². The molecule has 0 N–H and O–H groups in total. The van der Waals surface area contributed by atoms with Gasteiger partial charge in [-0.2, -0.15) is 0 Å². The molecular weight excluding hydrogens is 452 g/mol. The Kier molecular flexibility index (Phi) is 5.95. The fraction of sp³-hybridized carbons (Fsp3) is 0.808. The molecule has 5 unspecified atom stereocenters. The second kappa shape index (κ2) is 7.65. The lowest BCUT2D eigenvalue weighted by molar-refractivity contribution is -0.116. The predicted octanol–water partition coefficient (Wildman–Crippen LogP) is 7.30. The summed E-state index contributed by atoms with van der Waals surface area (Å²) in [5, 5.41) is 0.420. The van der Waals surface area contributed by atoms with E-state index in [9.17, 15) is 4.79 Å². The van der Waals surface area contributed by atoms with E-state index in [0.717, 1.165) is 24.8 Å². The third kappa shape index (κ3) is 3.88. The van der Waals surface area contributed by atoms with E-state index in [0.29, 0.717) is 22.8 Å². The Morgan fingerprint density at radius 1 is 0.969 bits per heavy atom. The van der Waals surface area contributed by atoms with Crippen molar-refractivity contribution in [1.82, 2.24) is 0 Å². The Morgan fingerprint density at radius 3 is 2.19 bits per heavy atom. The highest BCUT2D eigenvalue weighted by Gasteiger charge is 2.65. The van der Waals surface area contributed by atoms with Crippen LogP contribution >= 0.6 is 11.6 Å². The van der Waals surface area contributed by atoms with Crippen molar-refractivity contribution >= 4 is 34.0 Å². The first-order chi connectivity index (χ1) is 14.5. The maximum absolute atomic E-state index is 12.6. The second-order valence-corrected chi connectivity index (χ2v) is 22.7. The van der Waals surface area contributed by atoms with E-state index in [2.05, 4.69) is 66.1 Å². The zero-order chi connectivity index (χ0) is 23.9. The number of hydrogen-bond acceptors (Lipinski definition) is 3. The van der Waals surface area contributed by atoms with Gasteiger partial charge in [-0.05, 0) is 113 Å². The molecule has 0 spiro atoms. The number of halogens is 1. The van der Waals surface area contributed by atoms with Crippen LogP contribution in [0.2, 0.25) is 39.3 Å². The van der Waals surface area contributed by atoms with Crippen molar-refractivity contribution in [3.63, 3.8) is 0 Å². The molecule has 180 valence electrons. The van der Waals surface area contributed by atoms with Crippen molar-refractivity contribution < 1.29 is 13.6 Å². The van der Waals surface area contributed by atoms with Crippen molar-refractivity contribution in [1.29, 1.82) is 0 Å². The molecule has 0 saturated heterocycles. The highest BCUT2D eigenvalue weighted by molar-refractivity contribution is 6.70. The summed E-state index contributed by atoms with van der Waals surface area (Å²) in [4.78, 5) is 12.6. The third-order valence-corrected chi connectivity index (χ3v) is 11.6. The Bertz CT molecular complexity index is 869. The van der Waals surface area contributed by atoms with Gasteiger partial charge in [-0.3, -0.25) is 4.79 Å². The smallest absolute Gasteiger partial charge is 0.196 e. The number of hydrogen-bond donors (Lipinski definition) is 0. The summed E-state index contributed by atoms with van der Waals surface area (Å²) < 4.78 is 13.7. The van der Waals surface area contributed by atoms with Crippen LogP contribution in [0.25, 0.3) is 0 Å². The molecule has 3 saturated carbocycles. The molecule has 0 aromatic rings. The van der Waals surface area contributed by atoms with Gasteiger partial charge in [-0.15, -0.1) is 0 Å². The van der Waals surface area contributed by atoms with Gasteiger partial charge >= 0.3 is 0 Å². The van der Waals surface area contributed by atoms with E-state index in [4.69, 9.17) is 20.5 Å². The van der Waals surface area contributed by atoms with E-state index < -0.39 is 16.6 Å². The molecule has 0 heterocycles. The van der Waals surface area contributed by atoms with Crippen LogP contribution in [-0.2, 0) is 13.6 Å². The van der Waals surface area contributed by atoms with Crippen LogP contribution in [0.3, 0.4) is 0 Å². The molecule has 0 aromatic heterocycles. The summed E-state index contributed by atoms with van der Waals surface area (Å²) in [5.74, 6) is 1.64. The minimum Gasteiger partial charge on any atom is -0.412 e. The number of ketones is 1. The van der Waals surface area contributed by atoms with E-state index in [1.807, 2.05) is 0 Å². The Balaban J connectivity index is 1.76. The fourth-order valence-electron chi connectivity index (χ4n) is 7.92. The predicted molar refractivity (Wildman–Crippen MR) is 138 cm³/mol. The Hall–Kier alpha value is -0.206. The summed E-state index contributed by atoms with van der Waals surface area (Å²) >= 11 is 6.74. The summed E-state index contributed by atoms with van der Waals surface area (Å²) in [7, 11) is -3.48. The molecule has 6 heteroatoms. The van der Waals surface area contributed by atoms with Gasteiger partial charge in [0.2, 0.25) is 0 Å². The number of carbonyl (C=O) groups excluding carboxylic acids is 1. The third-order valence-electron chi connectivity index (χ3n) is 9.19. The molecule has 0 aliphatic heterocycles. The van der Waals surface area contributed by atoms with Crippen molar-refractivity contribution in [2.45, 2.75) is 104 Å². The Morgan fingerprint density at radius 2 is 1.59 bits per heavy atom. The lowest BCUT2D eigenvalue weighted by Gasteiger charge is -2.60. The molecule has 3 nitrogen and oxygen atoms in total. The Labute approximate surface area is 202 Å². The van der Waals surface area contributed by atoms with Gasteiger partial charge in [0, 0.05) is 5.41 Å². The first-order valence-corrected chi connectivity index (χ1v) is 19.7. The molecule has 4 aliphatic carbocycles. The van der Waals surface area contributed by atoms with Crippen LogP contribution < -0.4 is 0 Å². The average Bonchev–Trinajstić information content (AvgIpc) is 2.86. The number of fused-ring (bicyclic) bond motifs is 5. The van der Waals surface area contributed by atoms with Crippen LogP contribution in [0.5, 0.6) is 0 Å². The molecule has 0 bridgehead atoms. The first kappa shape index (κ1) is 24.9. The quantitative estimate of drug-likeness (QED) is 0.384. The molecule has 3 fully saturated rings. The van der Waals surface area contributed by atoms with Crippen molar-refractivity contribution in [3.8, 4) is 0 Å².